The monoisotopic (exact) mass is 438 g/mol. The molecule has 0 saturated carbocycles. The number of imide groups is 1. The summed E-state index contributed by atoms with van der Waals surface area (Å²) in [5.41, 5.74) is 0.0863. The highest BCUT2D eigenvalue weighted by molar-refractivity contribution is 8.14. The van der Waals surface area contributed by atoms with Crippen LogP contribution in [0.1, 0.15) is 21.5 Å². The Morgan fingerprint density at radius 2 is 1.87 bits per heavy atom. The van der Waals surface area contributed by atoms with Crippen LogP contribution in [0.4, 0.5) is 18.0 Å². The molecule has 1 heterocycles. The first kappa shape index (κ1) is 21.7. The van der Waals surface area contributed by atoms with Crippen molar-refractivity contribution in [3.63, 3.8) is 0 Å². The maximum Gasteiger partial charge on any atom is 0.416 e. The van der Waals surface area contributed by atoms with Crippen molar-refractivity contribution in [2.24, 2.45) is 0 Å². The summed E-state index contributed by atoms with van der Waals surface area (Å²) in [4.78, 5) is 36.5. The van der Waals surface area contributed by atoms with Crippen molar-refractivity contribution in [1.82, 2.24) is 10.2 Å². The molecule has 30 heavy (non-hydrogen) atoms. The molecular formula is C20H17F3N2O4S. The number of hydrogen-bond donors (Lipinski definition) is 1. The van der Waals surface area contributed by atoms with Crippen LogP contribution in [-0.4, -0.2) is 40.9 Å². The van der Waals surface area contributed by atoms with E-state index in [-0.39, 0.29) is 36.6 Å². The van der Waals surface area contributed by atoms with Gasteiger partial charge in [0.2, 0.25) is 5.91 Å². The topological polar surface area (TPSA) is 75.7 Å². The Balaban J connectivity index is 1.51. The van der Waals surface area contributed by atoms with E-state index < -0.39 is 17.6 Å². The van der Waals surface area contributed by atoms with Crippen molar-refractivity contribution in [1.29, 1.82) is 0 Å². The molecule has 10 heteroatoms. The van der Waals surface area contributed by atoms with Gasteiger partial charge in [-0.2, -0.15) is 13.2 Å². The summed E-state index contributed by atoms with van der Waals surface area (Å²) in [5.74, 6) is -0.150. The molecule has 3 amide bonds. The largest absolute Gasteiger partial charge is 0.492 e. The minimum atomic E-state index is -4.41. The number of ether oxygens (including phenoxy) is 1. The number of carbonyl (C=O) groups is 3. The lowest BCUT2D eigenvalue weighted by molar-refractivity contribution is -0.137. The van der Waals surface area contributed by atoms with E-state index in [4.69, 9.17) is 4.74 Å². The van der Waals surface area contributed by atoms with Crippen LogP contribution in [0.5, 0.6) is 5.75 Å². The summed E-state index contributed by atoms with van der Waals surface area (Å²) in [6, 6.07) is 10.9. The van der Waals surface area contributed by atoms with Gasteiger partial charge in [0.05, 0.1) is 17.9 Å². The molecule has 0 spiro atoms. The maximum atomic E-state index is 12.6. The molecule has 2 aromatic rings. The number of carbonyl (C=O) groups excluding carboxylic acids is 3. The molecule has 1 fully saturated rings. The molecule has 3 rings (SSSR count). The van der Waals surface area contributed by atoms with Gasteiger partial charge in [-0.15, -0.1) is 0 Å². The molecule has 1 aliphatic rings. The number of rotatable bonds is 7. The lowest BCUT2D eigenvalue weighted by Gasteiger charge is -2.14. The van der Waals surface area contributed by atoms with Gasteiger partial charge < -0.3 is 10.1 Å². The highest BCUT2D eigenvalue weighted by Crippen LogP contribution is 2.29. The summed E-state index contributed by atoms with van der Waals surface area (Å²) in [5, 5.41) is 2.33. The zero-order chi connectivity index (χ0) is 21.7. The van der Waals surface area contributed by atoms with E-state index in [0.717, 1.165) is 28.8 Å². The quantitative estimate of drug-likeness (QED) is 0.713. The third-order valence-electron chi connectivity index (χ3n) is 4.25. The van der Waals surface area contributed by atoms with E-state index in [9.17, 15) is 27.6 Å². The van der Waals surface area contributed by atoms with E-state index in [0.29, 0.717) is 16.9 Å². The van der Waals surface area contributed by atoms with Crippen molar-refractivity contribution in [3.05, 3.63) is 65.2 Å². The molecule has 0 atom stereocenters. The number of alkyl halides is 3. The fourth-order valence-electron chi connectivity index (χ4n) is 2.68. The number of nitrogens with one attached hydrogen (secondary N) is 1. The lowest BCUT2D eigenvalue weighted by atomic mass is 10.1. The second kappa shape index (κ2) is 9.21. The number of halogens is 3. The van der Waals surface area contributed by atoms with Gasteiger partial charge in [0.1, 0.15) is 12.4 Å². The third-order valence-corrected chi connectivity index (χ3v) is 5.11. The van der Waals surface area contributed by atoms with Gasteiger partial charge in [0.25, 0.3) is 11.1 Å². The zero-order valence-electron chi connectivity index (χ0n) is 15.6. The molecule has 1 saturated heterocycles. The number of nitrogens with zero attached hydrogens (tertiary/aromatic N) is 1. The van der Waals surface area contributed by atoms with Crippen LogP contribution >= 0.6 is 11.8 Å². The van der Waals surface area contributed by atoms with Crippen LogP contribution in [0.2, 0.25) is 0 Å². The zero-order valence-corrected chi connectivity index (χ0v) is 16.4. The molecule has 0 aliphatic carbocycles. The lowest BCUT2D eigenvalue weighted by Crippen LogP contribution is -2.32. The summed E-state index contributed by atoms with van der Waals surface area (Å²) >= 11 is 0.945. The average Bonchev–Trinajstić information content (AvgIpc) is 3.04. The van der Waals surface area contributed by atoms with Crippen LogP contribution < -0.4 is 10.1 Å². The Kier molecular flexibility index (Phi) is 6.66. The minimum Gasteiger partial charge on any atom is -0.492 e. The highest BCUT2D eigenvalue weighted by atomic mass is 32.2. The number of benzene rings is 2. The van der Waals surface area contributed by atoms with Gasteiger partial charge >= 0.3 is 6.18 Å². The Hall–Kier alpha value is -3.01. The molecule has 1 aliphatic heterocycles. The smallest absolute Gasteiger partial charge is 0.416 e. The second-order valence-corrected chi connectivity index (χ2v) is 7.28. The molecule has 1 N–H and O–H groups in total. The van der Waals surface area contributed by atoms with Crippen molar-refractivity contribution in [3.8, 4) is 5.75 Å². The Morgan fingerprint density at radius 1 is 1.13 bits per heavy atom. The summed E-state index contributed by atoms with van der Waals surface area (Å²) in [6.07, 6.45) is -4.41. The van der Waals surface area contributed by atoms with Gasteiger partial charge in [-0.3, -0.25) is 19.3 Å². The van der Waals surface area contributed by atoms with Gasteiger partial charge in [-0.1, -0.05) is 30.0 Å². The Bertz CT molecular complexity index is 932. The van der Waals surface area contributed by atoms with Crippen molar-refractivity contribution in [2.45, 2.75) is 12.7 Å². The predicted octanol–water partition coefficient (Wildman–Crippen LogP) is 3.71. The maximum absolute atomic E-state index is 12.6. The van der Waals surface area contributed by atoms with Gasteiger partial charge in [0, 0.05) is 12.1 Å². The normalized spacial score (nSPS) is 14.2. The molecule has 0 bridgehead atoms. The minimum absolute atomic E-state index is 0.0684. The van der Waals surface area contributed by atoms with Crippen molar-refractivity contribution < 1.29 is 32.3 Å². The molecular weight excluding hydrogens is 421 g/mol. The fourth-order valence-corrected chi connectivity index (χ4v) is 3.43. The molecule has 0 radical (unpaired) electrons. The average molecular weight is 438 g/mol. The summed E-state index contributed by atoms with van der Waals surface area (Å²) < 4.78 is 43.3. The van der Waals surface area contributed by atoms with Gasteiger partial charge in [0.15, 0.2) is 0 Å². The SMILES string of the molecule is O=C(NCc1ccc(C(F)(F)F)cc1)c1cccc(OCCN2C(=O)CSC2=O)c1. The van der Waals surface area contributed by atoms with Crippen molar-refractivity contribution >= 4 is 28.8 Å². The van der Waals surface area contributed by atoms with Gasteiger partial charge in [-0.25, -0.2) is 0 Å². The predicted molar refractivity (Wildman–Crippen MR) is 104 cm³/mol. The van der Waals surface area contributed by atoms with E-state index in [1.165, 1.54) is 18.2 Å². The summed E-state index contributed by atoms with van der Waals surface area (Å²) in [6.45, 7) is 0.280. The summed E-state index contributed by atoms with van der Waals surface area (Å²) in [7, 11) is 0. The standard InChI is InChI=1S/C20H17F3N2O4S/c21-20(22,23)15-6-4-13(5-7-15)11-24-18(27)14-2-1-3-16(10-14)29-9-8-25-17(26)12-30-19(25)28/h1-7,10H,8-9,11-12H2,(H,24,27). The number of hydrogen-bond acceptors (Lipinski definition) is 5. The number of amides is 3. The van der Waals surface area contributed by atoms with E-state index in [2.05, 4.69) is 5.32 Å². The van der Waals surface area contributed by atoms with Crippen LogP contribution in [0.25, 0.3) is 0 Å². The van der Waals surface area contributed by atoms with Crippen molar-refractivity contribution in [2.75, 3.05) is 18.9 Å². The molecule has 0 unspecified atom stereocenters. The molecule has 2 aromatic carbocycles. The second-order valence-electron chi connectivity index (χ2n) is 6.35. The highest BCUT2D eigenvalue weighted by Gasteiger charge is 2.30. The Labute approximate surface area is 174 Å². The van der Waals surface area contributed by atoms with E-state index >= 15 is 0 Å². The first-order chi connectivity index (χ1) is 14.2. The van der Waals surface area contributed by atoms with Crippen LogP contribution in [-0.2, 0) is 17.5 Å². The number of thioether (sulfide) groups is 1. The van der Waals surface area contributed by atoms with Crippen LogP contribution in [0.3, 0.4) is 0 Å². The molecule has 158 valence electrons. The molecule has 0 aromatic heterocycles. The first-order valence-electron chi connectivity index (χ1n) is 8.88. The molecule has 6 nitrogen and oxygen atoms in total. The van der Waals surface area contributed by atoms with E-state index in [1.807, 2.05) is 0 Å². The fraction of sp³-hybridized carbons (Fsp3) is 0.250. The van der Waals surface area contributed by atoms with Crippen LogP contribution in [0.15, 0.2) is 48.5 Å². The Morgan fingerprint density at radius 3 is 2.50 bits per heavy atom. The van der Waals surface area contributed by atoms with E-state index in [1.54, 1.807) is 18.2 Å². The third kappa shape index (κ3) is 5.53. The first-order valence-corrected chi connectivity index (χ1v) is 9.87. The van der Waals surface area contributed by atoms with Crippen LogP contribution in [0, 0.1) is 0 Å². The van der Waals surface area contributed by atoms with Gasteiger partial charge in [-0.05, 0) is 35.9 Å².